The molecule has 0 saturated heterocycles. The average molecular weight is 328 g/mol. The molecule has 1 amide bonds. The molecule has 2 N–H and O–H groups in total. The number of carbonyl (C=O) groups excluding carboxylic acids is 2. The minimum Gasteiger partial charge on any atom is -0.545 e. The van der Waals surface area contributed by atoms with E-state index in [0.29, 0.717) is 5.75 Å². The Bertz CT molecular complexity index is 729. The van der Waals surface area contributed by atoms with Crippen LogP contribution in [0.4, 0.5) is 0 Å². The molecule has 0 aliphatic heterocycles. The van der Waals surface area contributed by atoms with Gasteiger partial charge in [0.1, 0.15) is 18.5 Å². The first-order valence-electron chi connectivity index (χ1n) is 7.43. The molecule has 0 radical (unpaired) electrons. The number of carboxylic acids is 1. The van der Waals surface area contributed by atoms with Crippen molar-refractivity contribution < 1.29 is 24.5 Å². The van der Waals surface area contributed by atoms with Gasteiger partial charge in [-0.05, 0) is 30.7 Å². The predicted octanol–water partition coefficient (Wildman–Crippen LogP) is 0.528. The summed E-state index contributed by atoms with van der Waals surface area (Å²) in [5.74, 6) is -1.39. The van der Waals surface area contributed by atoms with Gasteiger partial charge in [0.05, 0.1) is 5.97 Å². The van der Waals surface area contributed by atoms with Crippen LogP contribution in [0.2, 0.25) is 0 Å². The van der Waals surface area contributed by atoms with Crippen molar-refractivity contribution in [3.63, 3.8) is 0 Å². The van der Waals surface area contributed by atoms with Crippen molar-refractivity contribution >= 4 is 11.9 Å². The number of aliphatic hydroxyl groups excluding tert-OH is 1. The van der Waals surface area contributed by atoms with Gasteiger partial charge in [0, 0.05) is 17.7 Å². The highest BCUT2D eigenvalue weighted by atomic mass is 16.5. The Balaban J connectivity index is 1.86. The van der Waals surface area contributed by atoms with Crippen LogP contribution in [0.1, 0.15) is 26.3 Å². The number of carboxylic acid groups (broad SMARTS) is 1. The Morgan fingerprint density at radius 3 is 2.54 bits per heavy atom. The molecule has 0 bridgehead atoms. The number of hydrogen-bond donors (Lipinski definition) is 2. The molecule has 0 aliphatic rings. The minimum absolute atomic E-state index is 0.00582. The molecule has 126 valence electrons. The maximum atomic E-state index is 12.0. The van der Waals surface area contributed by atoms with Gasteiger partial charge in [-0.25, -0.2) is 0 Å². The summed E-state index contributed by atoms with van der Waals surface area (Å²) in [4.78, 5) is 23.0. The number of aromatic carboxylic acids is 1. The Hall–Kier alpha value is -2.86. The lowest BCUT2D eigenvalue weighted by atomic mass is 10.1. The molecule has 2 aromatic rings. The van der Waals surface area contributed by atoms with Crippen molar-refractivity contribution in [3.05, 3.63) is 65.2 Å². The summed E-state index contributed by atoms with van der Waals surface area (Å²) in [5.41, 5.74) is 0.832. The first kappa shape index (κ1) is 17.5. The summed E-state index contributed by atoms with van der Waals surface area (Å²) in [7, 11) is 0. The lowest BCUT2D eigenvalue weighted by molar-refractivity contribution is -0.255. The molecule has 0 unspecified atom stereocenters. The van der Waals surface area contributed by atoms with Crippen LogP contribution in [-0.2, 0) is 0 Å². The third-order valence-electron chi connectivity index (χ3n) is 3.32. The van der Waals surface area contributed by atoms with E-state index < -0.39 is 18.0 Å². The van der Waals surface area contributed by atoms with Crippen LogP contribution >= 0.6 is 0 Å². The van der Waals surface area contributed by atoms with Crippen LogP contribution in [0, 0.1) is 6.92 Å². The van der Waals surface area contributed by atoms with Gasteiger partial charge in [0.2, 0.25) is 0 Å². The Kier molecular flexibility index (Phi) is 5.92. The van der Waals surface area contributed by atoms with Gasteiger partial charge in [-0.3, -0.25) is 4.79 Å². The van der Waals surface area contributed by atoms with Crippen LogP contribution in [-0.4, -0.2) is 36.2 Å². The number of nitrogens with one attached hydrogen (secondary N) is 1. The van der Waals surface area contributed by atoms with Crippen molar-refractivity contribution in [2.24, 2.45) is 0 Å². The first-order chi connectivity index (χ1) is 11.5. The van der Waals surface area contributed by atoms with Crippen molar-refractivity contribution in [2.75, 3.05) is 13.2 Å². The topological polar surface area (TPSA) is 98.7 Å². The Morgan fingerprint density at radius 1 is 1.17 bits per heavy atom. The van der Waals surface area contributed by atoms with E-state index in [4.69, 9.17) is 4.74 Å². The SMILES string of the molecule is Cc1cccc(OC[C@@H](O)CNC(=O)c2ccccc2C(=O)[O-])c1. The van der Waals surface area contributed by atoms with E-state index in [1.54, 1.807) is 12.1 Å². The van der Waals surface area contributed by atoms with E-state index in [1.807, 2.05) is 25.1 Å². The zero-order chi connectivity index (χ0) is 17.5. The molecule has 0 saturated carbocycles. The minimum atomic E-state index is -1.43. The smallest absolute Gasteiger partial charge is 0.252 e. The number of aliphatic hydroxyl groups is 1. The van der Waals surface area contributed by atoms with Gasteiger partial charge in [-0.15, -0.1) is 0 Å². The molecule has 0 fully saturated rings. The van der Waals surface area contributed by atoms with Crippen molar-refractivity contribution in [2.45, 2.75) is 13.0 Å². The fraction of sp³-hybridized carbons (Fsp3) is 0.222. The third-order valence-corrected chi connectivity index (χ3v) is 3.32. The predicted molar refractivity (Wildman–Crippen MR) is 85.8 cm³/mol. The fourth-order valence-corrected chi connectivity index (χ4v) is 2.12. The number of aryl methyl sites for hydroxylation is 1. The fourth-order valence-electron chi connectivity index (χ4n) is 2.12. The van der Waals surface area contributed by atoms with Crippen molar-refractivity contribution in [1.82, 2.24) is 5.32 Å². The molecule has 0 aromatic heterocycles. The van der Waals surface area contributed by atoms with Crippen LogP contribution in [0.15, 0.2) is 48.5 Å². The maximum absolute atomic E-state index is 12.0. The number of ether oxygens (including phenoxy) is 1. The van der Waals surface area contributed by atoms with E-state index in [2.05, 4.69) is 5.32 Å². The third kappa shape index (κ3) is 4.82. The summed E-state index contributed by atoms with van der Waals surface area (Å²) in [5, 5.41) is 23.4. The van der Waals surface area contributed by atoms with Gasteiger partial charge in [-0.2, -0.15) is 0 Å². The molecule has 24 heavy (non-hydrogen) atoms. The number of rotatable bonds is 7. The van der Waals surface area contributed by atoms with Gasteiger partial charge in [-0.1, -0.05) is 30.3 Å². The van der Waals surface area contributed by atoms with Crippen LogP contribution in [0.25, 0.3) is 0 Å². The number of carbonyl (C=O) groups is 2. The second kappa shape index (κ2) is 8.12. The van der Waals surface area contributed by atoms with E-state index in [0.717, 1.165) is 5.56 Å². The molecule has 6 nitrogen and oxygen atoms in total. The summed E-state index contributed by atoms with van der Waals surface area (Å²) in [6, 6.07) is 13.1. The lowest BCUT2D eigenvalue weighted by Gasteiger charge is -2.15. The lowest BCUT2D eigenvalue weighted by Crippen LogP contribution is -2.36. The van der Waals surface area contributed by atoms with Gasteiger partial charge < -0.3 is 25.1 Å². The standard InChI is InChI=1S/C18H19NO5/c1-12-5-4-6-14(9-12)24-11-13(20)10-19-17(21)15-7-2-3-8-16(15)18(22)23/h2-9,13,20H,10-11H2,1H3,(H,19,21)(H,22,23)/p-1/t13-/m0/s1. The molecule has 2 rings (SSSR count). The number of hydrogen-bond acceptors (Lipinski definition) is 5. The maximum Gasteiger partial charge on any atom is 0.252 e. The van der Waals surface area contributed by atoms with Crippen LogP contribution < -0.4 is 15.2 Å². The van der Waals surface area contributed by atoms with Crippen molar-refractivity contribution in [1.29, 1.82) is 0 Å². The van der Waals surface area contributed by atoms with Crippen LogP contribution in [0.3, 0.4) is 0 Å². The second-order valence-electron chi connectivity index (χ2n) is 5.32. The summed E-state index contributed by atoms with van der Waals surface area (Å²) < 4.78 is 5.44. The highest BCUT2D eigenvalue weighted by molar-refractivity contribution is 6.04. The number of benzene rings is 2. The zero-order valence-electron chi connectivity index (χ0n) is 13.2. The molecule has 0 spiro atoms. The summed E-state index contributed by atoms with van der Waals surface area (Å²) in [6.07, 6.45) is -0.926. The van der Waals surface area contributed by atoms with Gasteiger partial charge in [0.25, 0.3) is 5.91 Å². The molecule has 0 aliphatic carbocycles. The molecular weight excluding hydrogens is 310 g/mol. The largest absolute Gasteiger partial charge is 0.545 e. The van der Waals surface area contributed by atoms with E-state index in [9.17, 15) is 19.8 Å². The normalized spacial score (nSPS) is 11.6. The summed E-state index contributed by atoms with van der Waals surface area (Å²) >= 11 is 0. The highest BCUT2D eigenvalue weighted by Crippen LogP contribution is 2.12. The van der Waals surface area contributed by atoms with Gasteiger partial charge >= 0.3 is 0 Å². The summed E-state index contributed by atoms with van der Waals surface area (Å²) in [6.45, 7) is 1.87. The Labute approximate surface area is 139 Å². The van der Waals surface area contributed by atoms with E-state index in [1.165, 1.54) is 18.2 Å². The zero-order valence-corrected chi connectivity index (χ0v) is 13.2. The van der Waals surface area contributed by atoms with Gasteiger partial charge in [0.15, 0.2) is 0 Å². The second-order valence-corrected chi connectivity index (χ2v) is 5.32. The highest BCUT2D eigenvalue weighted by Gasteiger charge is 2.13. The first-order valence-corrected chi connectivity index (χ1v) is 7.43. The molecule has 1 atom stereocenters. The number of amides is 1. The van der Waals surface area contributed by atoms with E-state index in [-0.39, 0.29) is 24.3 Å². The quantitative estimate of drug-likeness (QED) is 0.772. The van der Waals surface area contributed by atoms with Crippen LogP contribution in [0.5, 0.6) is 5.75 Å². The van der Waals surface area contributed by atoms with Crippen molar-refractivity contribution in [3.8, 4) is 5.75 Å². The average Bonchev–Trinajstić information content (AvgIpc) is 2.58. The van der Waals surface area contributed by atoms with E-state index >= 15 is 0 Å². The molecule has 2 aromatic carbocycles. The molecule has 6 heteroatoms. The molecule has 0 heterocycles. The monoisotopic (exact) mass is 328 g/mol. The molecular formula is C18H18NO5-. The Morgan fingerprint density at radius 2 is 1.88 bits per heavy atom.